The van der Waals surface area contributed by atoms with Crippen LogP contribution in [0.25, 0.3) is 16.7 Å². The molecule has 4 unspecified atom stereocenters. The Hall–Kier alpha value is -11.3. The molecule has 13 aliphatic rings. The summed E-state index contributed by atoms with van der Waals surface area (Å²) in [5.74, 6) is -3.23. The summed E-state index contributed by atoms with van der Waals surface area (Å²) < 4.78 is 23.7. The van der Waals surface area contributed by atoms with E-state index in [0.717, 1.165) is 87.2 Å². The Bertz CT molecular complexity index is 5330. The maximum Gasteiger partial charge on any atom is 0.492 e. The van der Waals surface area contributed by atoms with Crippen molar-refractivity contribution in [3.8, 4) is 0 Å². The summed E-state index contributed by atoms with van der Waals surface area (Å²) in [6, 6.07) is 31.0. The fourth-order valence-electron chi connectivity index (χ4n) is 16.8. The Morgan fingerprint density at radius 1 is 0.444 bits per heavy atom. The van der Waals surface area contributed by atoms with E-state index in [-0.39, 0.29) is 134 Å². The molecular weight excluding hydrogens is 1680 g/mol. The maximum absolute atomic E-state index is 12.8. The molecule has 5 fully saturated rings. The molecule has 30 nitrogen and oxygen atoms in total. The second kappa shape index (κ2) is 36.9. The van der Waals surface area contributed by atoms with Crippen LogP contribution in [0.2, 0.25) is 0 Å². The van der Waals surface area contributed by atoms with E-state index < -0.39 is 41.3 Å². The van der Waals surface area contributed by atoms with E-state index >= 15 is 0 Å². The highest BCUT2D eigenvalue weighted by atomic mass is 79.9. The number of carbonyl (C=O) groups excluding carboxylic acids is 14. The van der Waals surface area contributed by atoms with Gasteiger partial charge in [-0.1, -0.05) is 88.8 Å². The van der Waals surface area contributed by atoms with E-state index in [2.05, 4.69) is 89.9 Å². The number of piperidine rings is 4. The summed E-state index contributed by atoms with van der Waals surface area (Å²) in [4.78, 5) is 180. The van der Waals surface area contributed by atoms with E-state index in [1.165, 1.54) is 21.6 Å². The number of benzene rings is 5. The summed E-state index contributed by atoms with van der Waals surface area (Å²) in [6.45, 7) is 27.1. The molecule has 652 valence electrons. The third kappa shape index (κ3) is 20.4. The third-order valence-electron chi connectivity index (χ3n) is 23.9. The lowest BCUT2D eigenvalue weighted by Crippen LogP contribution is -2.52. The minimum absolute atomic E-state index is 0. The quantitative estimate of drug-likeness (QED) is 0.0642. The number of fused-ring (bicyclic) bond motifs is 4. The number of hydrogen-bond donors (Lipinski definition) is 5. The van der Waals surface area contributed by atoms with Crippen LogP contribution in [-0.2, 0) is 89.9 Å². The zero-order valence-electron chi connectivity index (χ0n) is 71.1. The number of nitrogens with one attached hydrogen (secondary N) is 5. The lowest BCUT2D eigenvalue weighted by atomic mass is 9.79. The zero-order valence-corrected chi connectivity index (χ0v) is 73.5. The molecule has 5 aromatic rings. The predicted molar refractivity (Wildman–Crippen MR) is 463 cm³/mol. The smallest absolute Gasteiger partial charge is 0.444 e. The number of amides is 14. The minimum Gasteiger partial charge on any atom is -0.444 e. The van der Waals surface area contributed by atoms with Crippen molar-refractivity contribution in [3.05, 3.63) is 204 Å². The zero-order chi connectivity index (χ0) is 87.9. The molecule has 0 saturated carbocycles. The highest BCUT2D eigenvalue weighted by Gasteiger charge is 2.54. The van der Waals surface area contributed by atoms with Gasteiger partial charge in [0.15, 0.2) is 0 Å². The highest BCUT2D eigenvalue weighted by Crippen LogP contribution is 2.41. The predicted octanol–water partition coefficient (Wildman–Crippen LogP) is 9.29. The molecule has 5 N–H and O–H groups in total. The van der Waals surface area contributed by atoms with Crippen molar-refractivity contribution < 1.29 is 85.9 Å². The topological polar surface area (TPSA) is 359 Å². The Labute approximate surface area is 734 Å². The fraction of sp³-hybridized carbons (Fsp3) is 0.429. The average Bonchev–Trinajstić information content (AvgIpc) is 1.61. The first-order valence-corrected chi connectivity index (χ1v) is 42.4. The summed E-state index contributed by atoms with van der Waals surface area (Å²) in [5.41, 5.74) is 13.4. The number of imide groups is 4. The molecule has 13 heterocycles. The molecule has 0 aliphatic carbocycles. The van der Waals surface area contributed by atoms with Crippen LogP contribution in [-0.4, -0.2) is 223 Å². The van der Waals surface area contributed by atoms with Gasteiger partial charge in [0.1, 0.15) is 35.4 Å². The average molecular weight is 1780 g/mol. The molecule has 5 aromatic carbocycles. The fourth-order valence-corrected chi connectivity index (χ4v) is 17.2. The Morgan fingerprint density at radius 3 is 1.19 bits per heavy atom. The number of hydrogen-bond acceptors (Lipinski definition) is 20. The maximum atomic E-state index is 12.8. The van der Waals surface area contributed by atoms with Crippen molar-refractivity contribution in [3.63, 3.8) is 0 Å². The van der Waals surface area contributed by atoms with Crippen molar-refractivity contribution in [2.24, 2.45) is 0 Å². The van der Waals surface area contributed by atoms with Gasteiger partial charge in [0.2, 0.25) is 47.3 Å². The molecule has 14 amide bonds. The van der Waals surface area contributed by atoms with Gasteiger partial charge >= 0.3 is 19.3 Å². The number of halogens is 2. The van der Waals surface area contributed by atoms with Crippen LogP contribution >= 0.6 is 28.3 Å². The van der Waals surface area contributed by atoms with Gasteiger partial charge in [-0.05, 0) is 216 Å². The van der Waals surface area contributed by atoms with Gasteiger partial charge in [0, 0.05) is 137 Å². The van der Waals surface area contributed by atoms with E-state index in [9.17, 15) is 67.1 Å². The highest BCUT2D eigenvalue weighted by molar-refractivity contribution is 9.10. The molecule has 5 saturated heterocycles. The van der Waals surface area contributed by atoms with Gasteiger partial charge in [-0.25, -0.2) is 9.59 Å². The Morgan fingerprint density at radius 2 is 0.806 bits per heavy atom. The minimum atomic E-state index is -0.626. The Balaban J connectivity index is 0.000000134. The molecule has 18 rings (SSSR count). The van der Waals surface area contributed by atoms with E-state index in [0.29, 0.717) is 100 Å². The van der Waals surface area contributed by atoms with Crippen molar-refractivity contribution in [2.75, 3.05) is 52.4 Å². The van der Waals surface area contributed by atoms with Crippen LogP contribution in [0.15, 0.2) is 137 Å². The van der Waals surface area contributed by atoms with Gasteiger partial charge in [-0.3, -0.25) is 83.7 Å². The van der Waals surface area contributed by atoms with E-state index in [4.69, 9.17) is 18.8 Å². The molecule has 0 radical (unpaired) electrons. The molecule has 4 atom stereocenters. The first-order valence-electron chi connectivity index (χ1n) is 41.6. The van der Waals surface area contributed by atoms with Crippen LogP contribution in [0.3, 0.4) is 0 Å². The lowest BCUT2D eigenvalue weighted by molar-refractivity contribution is -0.138. The monoisotopic (exact) mass is 1780 g/mol. The molecule has 124 heavy (non-hydrogen) atoms. The number of rotatable bonds is 10. The molecule has 0 aromatic heterocycles. The molecule has 0 spiro atoms. The van der Waals surface area contributed by atoms with Crippen molar-refractivity contribution >= 4 is 135 Å². The summed E-state index contributed by atoms with van der Waals surface area (Å²) in [6.07, 6.45) is 10.3. The van der Waals surface area contributed by atoms with Gasteiger partial charge < -0.3 is 53.5 Å². The van der Waals surface area contributed by atoms with Crippen LogP contribution in [0.1, 0.15) is 207 Å². The number of ether oxygens (including phenoxy) is 2. The summed E-state index contributed by atoms with van der Waals surface area (Å²) in [5, 5.41) is 12.5. The third-order valence-corrected chi connectivity index (χ3v) is 24.4. The van der Waals surface area contributed by atoms with Crippen LogP contribution in [0.5, 0.6) is 0 Å². The van der Waals surface area contributed by atoms with Gasteiger partial charge in [0.25, 0.3) is 23.6 Å². The summed E-state index contributed by atoms with van der Waals surface area (Å²) >= 11 is 3.37. The first kappa shape index (κ1) is 90.4. The second-order valence-corrected chi connectivity index (χ2v) is 36.5. The second-order valence-electron chi connectivity index (χ2n) is 35.6. The van der Waals surface area contributed by atoms with Gasteiger partial charge in [-0.2, -0.15) is 0 Å². The SMILES string of the molecule is CC(C)(C)OC(=O)N1CC=C(B2OC(C)(C)C(C)(C)O2)C1.CC(C)(C)OC(=O)N1CC=C(c2ccc3c(c2)CN(C2CCC(=O)NC2=O)C3=O)C1.Cl.O=C1CCC(N2Cc3cc(Br)ccc3C2=O)C(=O)N1.O=C1CCC(N2Cc3cc(C4=CCN(Cc5ccccc5)C4)ccc3C2=O)C(=O)N1.O=C1CCC(N2Cc3cc(C4=CCNC4)ccc3C2=O)C(=O)N1. The van der Waals surface area contributed by atoms with Crippen molar-refractivity contribution in [2.45, 2.75) is 200 Å². The standard InChI is InChI=1S/C24H23N3O3.C22H25N3O5.C17H17N3O3.C15H26BNO4.C13H11BrN2O3.ClH/c28-22-9-8-21(23(29)25-22)27-15-19-12-17(6-7-20(19)24(27)30)18-10-11-26(14-18)13-16-4-2-1-3-5-16;1-22(2,3)30-21(29)24-9-8-14(11-24)13-4-5-16-15(10-13)12-25(20(16)28)17-6-7-18(26)23-19(17)27;21-15-4-3-14(16(22)19-15)20-9-12-7-10(11-5-6-18-8-11)1-2-13(12)17(20)23;1-13(2,3)19-12(18)17-9-8-11(10-17)16-20-14(4,5)15(6,7)21-16;14-8-1-2-9-7(5-8)6-16(13(9)19)10-3-4-11(17)15-12(10)18;/h1-7,10,12,21H,8-9,11,13-15H2,(H,25,28,29);4-5,8,10,17H,6-7,9,11-12H2,1-3H3,(H,23,26,27);1-2,5,7,14,18H,3-4,6,8-9H2,(H,19,21,22);8H,9-10H2,1-7H3;1-2,5,10H,3-4,6H2,(H,15,17,18);1H. The molecule has 0 bridgehead atoms. The number of nitrogens with zero attached hydrogens (tertiary/aromatic N) is 7. The molecular formula is C91H103BBrClN12O18. The van der Waals surface area contributed by atoms with Crippen LogP contribution in [0, 0.1) is 0 Å². The van der Waals surface area contributed by atoms with Crippen LogP contribution in [0.4, 0.5) is 9.59 Å². The largest absolute Gasteiger partial charge is 0.492 e. The van der Waals surface area contributed by atoms with Crippen LogP contribution < -0.4 is 26.6 Å². The van der Waals surface area contributed by atoms with E-state index in [1.54, 1.807) is 36.6 Å². The Kier molecular flexibility index (Phi) is 26.9. The normalized spacial score (nSPS) is 22.4. The van der Waals surface area contributed by atoms with Crippen molar-refractivity contribution in [1.82, 2.24) is 60.9 Å². The molecule has 13 aliphatic heterocycles. The van der Waals surface area contributed by atoms with Gasteiger partial charge in [0.05, 0.1) is 11.2 Å². The van der Waals surface area contributed by atoms with Crippen molar-refractivity contribution in [1.29, 1.82) is 0 Å². The number of carbonyl (C=O) groups is 14. The lowest BCUT2D eigenvalue weighted by Gasteiger charge is -2.32. The van der Waals surface area contributed by atoms with E-state index in [1.807, 2.05) is 142 Å². The molecule has 33 heteroatoms. The van der Waals surface area contributed by atoms with Gasteiger partial charge in [-0.15, -0.1) is 12.4 Å². The summed E-state index contributed by atoms with van der Waals surface area (Å²) in [7, 11) is -0.387. The first-order chi connectivity index (χ1) is 58.3.